The maximum absolute atomic E-state index is 12.5. The Balaban J connectivity index is 2.02. The minimum absolute atomic E-state index is 0.232. The van der Waals surface area contributed by atoms with Gasteiger partial charge in [-0.2, -0.15) is 0 Å². The first-order valence-electron chi connectivity index (χ1n) is 10.5. The molecule has 4 N–H and O–H groups in total. The topological polar surface area (TPSA) is 137 Å². The Morgan fingerprint density at radius 1 is 0.970 bits per heavy atom. The molecule has 1 amide bonds. The quantitative estimate of drug-likeness (QED) is 0.479. The van der Waals surface area contributed by atoms with Gasteiger partial charge in [0, 0.05) is 19.7 Å². The molecule has 0 radical (unpaired) electrons. The first-order chi connectivity index (χ1) is 15.6. The molecule has 0 aromatic heterocycles. The number of hydrogen-bond donors (Lipinski definition) is 4. The Morgan fingerprint density at radius 3 is 2.21 bits per heavy atom. The summed E-state index contributed by atoms with van der Waals surface area (Å²) in [5, 5.41) is 40.0. The standard InChI is InChI=1S/C24H29NO8/c1-12-7-13(5-6-17(12)22-21(29)20(28)19(27)18(11-26)33-22)14-8-15(23(30)25(2)3)10-16(9-14)24(31)32-4/h5-10,18-22,26-29H,11H2,1-4H3/t18-,19-,20+,21+,22-/m1/s1. The summed E-state index contributed by atoms with van der Waals surface area (Å²) in [6, 6.07) is 10.0. The molecule has 0 saturated carbocycles. The highest BCUT2D eigenvalue weighted by atomic mass is 16.5. The van der Waals surface area contributed by atoms with E-state index >= 15 is 0 Å². The molecule has 1 fully saturated rings. The van der Waals surface area contributed by atoms with Crippen LogP contribution in [0.4, 0.5) is 0 Å². The van der Waals surface area contributed by atoms with E-state index in [4.69, 9.17) is 9.47 Å². The fourth-order valence-electron chi connectivity index (χ4n) is 3.94. The van der Waals surface area contributed by atoms with Crippen LogP contribution in [-0.2, 0) is 9.47 Å². The second-order valence-electron chi connectivity index (χ2n) is 8.31. The van der Waals surface area contributed by atoms with Crippen LogP contribution in [0.15, 0.2) is 36.4 Å². The van der Waals surface area contributed by atoms with Crippen LogP contribution in [0.1, 0.15) is 37.9 Å². The van der Waals surface area contributed by atoms with Gasteiger partial charge < -0.3 is 34.8 Å². The van der Waals surface area contributed by atoms with Crippen LogP contribution < -0.4 is 0 Å². The van der Waals surface area contributed by atoms with Crippen LogP contribution in [0.5, 0.6) is 0 Å². The molecule has 9 heteroatoms. The minimum atomic E-state index is -1.48. The second kappa shape index (κ2) is 9.98. The first-order valence-corrected chi connectivity index (χ1v) is 10.5. The molecule has 1 aliphatic heterocycles. The van der Waals surface area contributed by atoms with Crippen molar-refractivity contribution in [3.8, 4) is 11.1 Å². The molecule has 0 bridgehead atoms. The Morgan fingerprint density at radius 2 is 1.64 bits per heavy atom. The monoisotopic (exact) mass is 459 g/mol. The number of aliphatic hydroxyl groups is 4. The molecule has 0 unspecified atom stereocenters. The highest BCUT2D eigenvalue weighted by Crippen LogP contribution is 2.35. The smallest absolute Gasteiger partial charge is 0.337 e. The zero-order valence-corrected chi connectivity index (χ0v) is 18.9. The average molecular weight is 459 g/mol. The lowest BCUT2D eigenvalue weighted by atomic mass is 9.88. The first kappa shape index (κ1) is 24.8. The third-order valence-electron chi connectivity index (χ3n) is 5.81. The van der Waals surface area contributed by atoms with Gasteiger partial charge in [-0.25, -0.2) is 4.79 Å². The van der Waals surface area contributed by atoms with Crippen molar-refractivity contribution in [2.24, 2.45) is 0 Å². The molecule has 1 saturated heterocycles. The van der Waals surface area contributed by atoms with Gasteiger partial charge in [0.25, 0.3) is 5.91 Å². The van der Waals surface area contributed by atoms with E-state index in [0.717, 1.165) is 0 Å². The third-order valence-corrected chi connectivity index (χ3v) is 5.81. The van der Waals surface area contributed by atoms with Gasteiger partial charge in [-0.15, -0.1) is 0 Å². The van der Waals surface area contributed by atoms with Gasteiger partial charge in [0.15, 0.2) is 0 Å². The summed E-state index contributed by atoms with van der Waals surface area (Å²) in [5.74, 6) is -0.837. The molecule has 5 atom stereocenters. The molecule has 178 valence electrons. The van der Waals surface area contributed by atoms with Gasteiger partial charge in [-0.3, -0.25) is 4.79 Å². The molecular formula is C24H29NO8. The van der Waals surface area contributed by atoms with Gasteiger partial charge in [-0.05, 0) is 47.4 Å². The van der Waals surface area contributed by atoms with Crippen molar-refractivity contribution >= 4 is 11.9 Å². The lowest BCUT2D eigenvalue weighted by molar-refractivity contribution is -0.231. The maximum atomic E-state index is 12.5. The van der Waals surface area contributed by atoms with E-state index in [0.29, 0.717) is 27.8 Å². The van der Waals surface area contributed by atoms with E-state index in [9.17, 15) is 30.0 Å². The summed E-state index contributed by atoms with van der Waals surface area (Å²) in [6.07, 6.45) is -6.27. The number of hydrogen-bond acceptors (Lipinski definition) is 8. The van der Waals surface area contributed by atoms with Crippen LogP contribution in [-0.4, -0.2) is 89.4 Å². The summed E-state index contributed by atoms with van der Waals surface area (Å²) in [5.41, 5.74) is 3.17. The molecular weight excluding hydrogens is 430 g/mol. The van der Waals surface area contributed by atoms with E-state index in [-0.39, 0.29) is 11.5 Å². The molecule has 0 aliphatic carbocycles. The van der Waals surface area contributed by atoms with Crippen LogP contribution in [0.3, 0.4) is 0 Å². The van der Waals surface area contributed by atoms with Gasteiger partial charge in [-0.1, -0.05) is 18.2 Å². The molecule has 1 aliphatic rings. The van der Waals surface area contributed by atoms with Gasteiger partial charge in [0.1, 0.15) is 30.5 Å². The van der Waals surface area contributed by atoms with Crippen molar-refractivity contribution in [3.63, 3.8) is 0 Å². The van der Waals surface area contributed by atoms with Crippen molar-refractivity contribution in [1.82, 2.24) is 4.90 Å². The largest absolute Gasteiger partial charge is 0.465 e. The highest BCUT2D eigenvalue weighted by molar-refractivity contribution is 5.99. The van der Waals surface area contributed by atoms with E-state index in [1.807, 2.05) is 0 Å². The van der Waals surface area contributed by atoms with Gasteiger partial charge >= 0.3 is 5.97 Å². The highest BCUT2D eigenvalue weighted by Gasteiger charge is 2.44. The van der Waals surface area contributed by atoms with Crippen LogP contribution in [0.2, 0.25) is 0 Å². The minimum Gasteiger partial charge on any atom is -0.465 e. The Labute approximate surface area is 191 Å². The number of aryl methyl sites for hydroxylation is 1. The fourth-order valence-corrected chi connectivity index (χ4v) is 3.94. The van der Waals surface area contributed by atoms with Crippen LogP contribution in [0, 0.1) is 6.92 Å². The fraction of sp³-hybridized carbons (Fsp3) is 0.417. The Kier molecular flexibility index (Phi) is 7.51. The lowest BCUT2D eigenvalue weighted by Gasteiger charge is -2.40. The van der Waals surface area contributed by atoms with Crippen molar-refractivity contribution < 1.29 is 39.5 Å². The van der Waals surface area contributed by atoms with Crippen LogP contribution in [0.25, 0.3) is 11.1 Å². The summed E-state index contributed by atoms with van der Waals surface area (Å²) >= 11 is 0. The van der Waals surface area contributed by atoms with Crippen molar-refractivity contribution in [1.29, 1.82) is 0 Å². The number of aliphatic hydroxyl groups excluding tert-OH is 4. The summed E-state index contributed by atoms with van der Waals surface area (Å²) in [7, 11) is 4.50. The van der Waals surface area contributed by atoms with Crippen molar-refractivity contribution in [3.05, 3.63) is 58.7 Å². The molecule has 33 heavy (non-hydrogen) atoms. The van der Waals surface area contributed by atoms with E-state index in [1.54, 1.807) is 51.4 Å². The number of esters is 1. The summed E-state index contributed by atoms with van der Waals surface area (Å²) in [4.78, 5) is 26.1. The third kappa shape index (κ3) is 4.92. The lowest BCUT2D eigenvalue weighted by Crippen LogP contribution is -2.55. The molecule has 0 spiro atoms. The molecule has 3 rings (SSSR count). The normalized spacial score (nSPS) is 24.9. The van der Waals surface area contributed by atoms with Gasteiger partial charge in [0.2, 0.25) is 0 Å². The number of methoxy groups -OCH3 is 1. The number of ether oxygens (including phenoxy) is 2. The number of carbonyl (C=O) groups excluding carboxylic acids is 2. The average Bonchev–Trinajstić information content (AvgIpc) is 2.81. The van der Waals surface area contributed by atoms with E-state index in [1.165, 1.54) is 18.1 Å². The van der Waals surface area contributed by atoms with Crippen LogP contribution >= 0.6 is 0 Å². The number of nitrogens with zero attached hydrogens (tertiary/aromatic N) is 1. The predicted molar refractivity (Wildman–Crippen MR) is 119 cm³/mol. The second-order valence-corrected chi connectivity index (χ2v) is 8.31. The number of rotatable bonds is 5. The zero-order valence-electron chi connectivity index (χ0n) is 18.9. The molecule has 1 heterocycles. The molecule has 2 aromatic carbocycles. The van der Waals surface area contributed by atoms with Crippen molar-refractivity contribution in [2.75, 3.05) is 27.8 Å². The number of carbonyl (C=O) groups is 2. The maximum Gasteiger partial charge on any atom is 0.337 e. The zero-order chi connectivity index (χ0) is 24.4. The van der Waals surface area contributed by atoms with Crippen molar-refractivity contribution in [2.45, 2.75) is 37.4 Å². The van der Waals surface area contributed by atoms with E-state index < -0.39 is 43.1 Å². The van der Waals surface area contributed by atoms with E-state index in [2.05, 4.69) is 0 Å². The predicted octanol–water partition coefficient (Wildman–Crippen LogP) is 0.665. The Hall–Kier alpha value is -2.82. The molecule has 9 nitrogen and oxygen atoms in total. The summed E-state index contributed by atoms with van der Waals surface area (Å²) in [6.45, 7) is 1.28. The number of amides is 1. The Bertz CT molecular complexity index is 1040. The molecule has 2 aromatic rings. The summed E-state index contributed by atoms with van der Waals surface area (Å²) < 4.78 is 10.5. The number of benzene rings is 2. The SMILES string of the molecule is COC(=O)c1cc(C(=O)N(C)C)cc(-c2ccc([C@H]3O[C@H](CO)[C@@H](O)[C@H](O)[C@@H]3O)c(C)c2)c1. The van der Waals surface area contributed by atoms with Gasteiger partial charge in [0.05, 0.1) is 19.3 Å².